The molecule has 2 aromatic rings. The smallest absolute Gasteiger partial charge is 0.212 e. The van der Waals surface area contributed by atoms with Crippen molar-refractivity contribution in [3.8, 4) is 6.07 Å². The van der Waals surface area contributed by atoms with Crippen LogP contribution in [0.1, 0.15) is 23.5 Å². The summed E-state index contributed by atoms with van der Waals surface area (Å²) in [7, 11) is 0. The van der Waals surface area contributed by atoms with Gasteiger partial charge in [-0.05, 0) is 19.8 Å². The highest BCUT2D eigenvalue weighted by Crippen LogP contribution is 2.48. The van der Waals surface area contributed by atoms with Crippen molar-refractivity contribution in [1.29, 1.82) is 5.26 Å². The molecule has 1 fully saturated rings. The summed E-state index contributed by atoms with van der Waals surface area (Å²) < 4.78 is 1.77. The number of nitriles is 1. The van der Waals surface area contributed by atoms with Gasteiger partial charge in [0, 0.05) is 0 Å². The van der Waals surface area contributed by atoms with Gasteiger partial charge in [-0.25, -0.2) is 9.50 Å². The number of aryl methyl sites for hydroxylation is 1. The van der Waals surface area contributed by atoms with E-state index in [0.717, 1.165) is 28.5 Å². The van der Waals surface area contributed by atoms with Crippen LogP contribution in [0.4, 0.5) is 0 Å². The summed E-state index contributed by atoms with van der Waals surface area (Å²) in [5, 5.41) is 14.3. The molecule has 5 heteroatoms. The summed E-state index contributed by atoms with van der Waals surface area (Å²) in [6.07, 6.45) is 3.78. The Kier molecular flexibility index (Phi) is 1.33. The predicted molar refractivity (Wildman–Crippen MR) is 52.1 cm³/mol. The lowest BCUT2D eigenvalue weighted by molar-refractivity contribution is 0.822. The Morgan fingerprint density at radius 1 is 1.64 bits per heavy atom. The SMILES string of the molecule is Cc1cn2nc(C3(C#N)CC3)sc2n1. The Morgan fingerprint density at radius 3 is 3.00 bits per heavy atom. The maximum absolute atomic E-state index is 9.01. The van der Waals surface area contributed by atoms with E-state index in [9.17, 15) is 0 Å². The lowest BCUT2D eigenvalue weighted by Crippen LogP contribution is -2.02. The van der Waals surface area contributed by atoms with Crippen molar-refractivity contribution in [3.05, 3.63) is 16.9 Å². The summed E-state index contributed by atoms with van der Waals surface area (Å²) in [5.74, 6) is 0. The first kappa shape index (κ1) is 7.94. The van der Waals surface area contributed by atoms with Crippen LogP contribution in [-0.4, -0.2) is 14.6 Å². The van der Waals surface area contributed by atoms with E-state index in [1.54, 1.807) is 4.52 Å². The number of hydrogen-bond acceptors (Lipinski definition) is 4. The van der Waals surface area contributed by atoms with Crippen molar-refractivity contribution >= 4 is 16.3 Å². The Morgan fingerprint density at radius 2 is 2.43 bits per heavy atom. The summed E-state index contributed by atoms with van der Waals surface area (Å²) in [6.45, 7) is 1.94. The van der Waals surface area contributed by atoms with E-state index in [1.807, 2.05) is 13.1 Å². The quantitative estimate of drug-likeness (QED) is 0.709. The molecule has 1 aliphatic rings. The van der Waals surface area contributed by atoms with Crippen LogP contribution in [0.25, 0.3) is 4.96 Å². The molecule has 4 nitrogen and oxygen atoms in total. The maximum Gasteiger partial charge on any atom is 0.212 e. The minimum Gasteiger partial charge on any atom is -0.223 e. The van der Waals surface area contributed by atoms with Crippen LogP contribution in [0.15, 0.2) is 6.20 Å². The van der Waals surface area contributed by atoms with Gasteiger partial charge >= 0.3 is 0 Å². The Hall–Kier alpha value is -1.41. The average molecular weight is 204 g/mol. The molecule has 0 aliphatic heterocycles. The molecule has 0 aromatic carbocycles. The van der Waals surface area contributed by atoms with Crippen LogP contribution >= 0.6 is 11.3 Å². The van der Waals surface area contributed by atoms with E-state index < -0.39 is 0 Å². The van der Waals surface area contributed by atoms with Crippen molar-refractivity contribution in [2.24, 2.45) is 0 Å². The second kappa shape index (κ2) is 2.34. The van der Waals surface area contributed by atoms with E-state index in [1.165, 1.54) is 11.3 Å². The molecule has 3 rings (SSSR count). The molecule has 1 aliphatic carbocycles. The van der Waals surface area contributed by atoms with Crippen LogP contribution in [-0.2, 0) is 5.41 Å². The minimum absolute atomic E-state index is 0.279. The van der Waals surface area contributed by atoms with E-state index in [4.69, 9.17) is 5.26 Å². The van der Waals surface area contributed by atoms with Crippen LogP contribution in [0.2, 0.25) is 0 Å². The first-order valence-corrected chi connectivity index (χ1v) is 5.30. The van der Waals surface area contributed by atoms with Crippen LogP contribution in [0.3, 0.4) is 0 Å². The molecular weight excluding hydrogens is 196 g/mol. The summed E-state index contributed by atoms with van der Waals surface area (Å²) in [6, 6.07) is 2.34. The van der Waals surface area contributed by atoms with Gasteiger partial charge in [-0.15, -0.1) is 0 Å². The number of fused-ring (bicyclic) bond motifs is 1. The van der Waals surface area contributed by atoms with Crippen LogP contribution in [0, 0.1) is 18.3 Å². The summed E-state index contributed by atoms with van der Waals surface area (Å²) >= 11 is 1.53. The van der Waals surface area contributed by atoms with Gasteiger partial charge < -0.3 is 0 Å². The predicted octanol–water partition coefficient (Wildman–Crippen LogP) is 1.65. The molecule has 70 valence electrons. The van der Waals surface area contributed by atoms with Crippen molar-refractivity contribution in [2.75, 3.05) is 0 Å². The zero-order valence-corrected chi connectivity index (χ0v) is 8.51. The molecular formula is C9H8N4S. The largest absolute Gasteiger partial charge is 0.223 e. The normalized spacial score (nSPS) is 18.3. The zero-order chi connectivity index (χ0) is 9.76. The number of hydrogen-bond donors (Lipinski definition) is 0. The van der Waals surface area contributed by atoms with Gasteiger partial charge in [-0.1, -0.05) is 11.3 Å². The zero-order valence-electron chi connectivity index (χ0n) is 7.69. The van der Waals surface area contributed by atoms with Gasteiger partial charge in [0.1, 0.15) is 10.4 Å². The standard InChI is InChI=1S/C9H8N4S/c1-6-4-13-8(11-6)14-7(12-13)9(5-10)2-3-9/h4H,2-3H2,1H3. The highest BCUT2D eigenvalue weighted by molar-refractivity contribution is 7.16. The van der Waals surface area contributed by atoms with Crippen LogP contribution in [0.5, 0.6) is 0 Å². The molecule has 0 N–H and O–H groups in total. The Labute approximate surface area is 84.8 Å². The average Bonchev–Trinajstić information content (AvgIpc) is 2.75. The van der Waals surface area contributed by atoms with E-state index >= 15 is 0 Å². The third kappa shape index (κ3) is 0.917. The molecule has 0 atom stereocenters. The van der Waals surface area contributed by atoms with Gasteiger partial charge in [0.2, 0.25) is 4.96 Å². The lowest BCUT2D eigenvalue weighted by Gasteiger charge is -1.95. The van der Waals surface area contributed by atoms with Crippen molar-refractivity contribution in [3.63, 3.8) is 0 Å². The topological polar surface area (TPSA) is 54.0 Å². The fourth-order valence-electron chi connectivity index (χ4n) is 1.50. The van der Waals surface area contributed by atoms with E-state index in [0.29, 0.717) is 0 Å². The Balaban J connectivity index is 2.16. The van der Waals surface area contributed by atoms with E-state index in [-0.39, 0.29) is 5.41 Å². The number of nitrogens with zero attached hydrogens (tertiary/aromatic N) is 4. The molecule has 0 radical (unpaired) electrons. The van der Waals surface area contributed by atoms with Crippen LogP contribution < -0.4 is 0 Å². The van der Waals surface area contributed by atoms with Gasteiger partial charge in [0.05, 0.1) is 18.0 Å². The molecule has 1 saturated carbocycles. The highest BCUT2D eigenvalue weighted by Gasteiger charge is 2.48. The number of aromatic nitrogens is 3. The number of imidazole rings is 1. The van der Waals surface area contributed by atoms with Gasteiger partial charge in [0.25, 0.3) is 0 Å². The fraction of sp³-hybridized carbons (Fsp3) is 0.444. The van der Waals surface area contributed by atoms with Crippen molar-refractivity contribution in [2.45, 2.75) is 25.2 Å². The molecule has 0 saturated heterocycles. The molecule has 0 bridgehead atoms. The third-order valence-corrected chi connectivity index (χ3v) is 3.66. The highest BCUT2D eigenvalue weighted by atomic mass is 32.1. The lowest BCUT2D eigenvalue weighted by atomic mass is 10.1. The van der Waals surface area contributed by atoms with Crippen molar-refractivity contribution in [1.82, 2.24) is 14.6 Å². The monoisotopic (exact) mass is 204 g/mol. The molecule has 0 unspecified atom stereocenters. The maximum atomic E-state index is 9.01. The molecule has 2 heterocycles. The fourth-order valence-corrected chi connectivity index (χ4v) is 2.62. The summed E-state index contributed by atoms with van der Waals surface area (Å²) in [5.41, 5.74) is 0.691. The second-order valence-electron chi connectivity index (χ2n) is 3.71. The first-order chi connectivity index (χ1) is 6.73. The molecule has 14 heavy (non-hydrogen) atoms. The van der Waals surface area contributed by atoms with Gasteiger partial charge in [-0.2, -0.15) is 10.4 Å². The van der Waals surface area contributed by atoms with Gasteiger partial charge in [-0.3, -0.25) is 0 Å². The first-order valence-electron chi connectivity index (χ1n) is 4.48. The molecule has 0 spiro atoms. The Bertz CT molecular complexity index is 509. The second-order valence-corrected chi connectivity index (χ2v) is 4.67. The summed E-state index contributed by atoms with van der Waals surface area (Å²) in [4.78, 5) is 5.21. The van der Waals surface area contributed by atoms with E-state index in [2.05, 4.69) is 16.2 Å². The molecule has 2 aromatic heterocycles. The minimum atomic E-state index is -0.279. The van der Waals surface area contributed by atoms with Crippen molar-refractivity contribution < 1.29 is 0 Å². The third-order valence-electron chi connectivity index (χ3n) is 2.54. The molecule has 0 amide bonds. The number of rotatable bonds is 1. The van der Waals surface area contributed by atoms with Gasteiger partial charge in [0.15, 0.2) is 0 Å².